The summed E-state index contributed by atoms with van der Waals surface area (Å²) in [4.78, 5) is 32.1. The molecular weight excluding hydrogens is 819 g/mol. The van der Waals surface area contributed by atoms with Crippen LogP contribution in [0.25, 0.3) is 32.1 Å². The molecule has 59 heavy (non-hydrogen) atoms. The Kier molecular flexibility index (Phi) is 9.84. The fourth-order valence-electron chi connectivity index (χ4n) is 9.13. The molecule has 6 heterocycles. The molecule has 20 heteroatoms. The van der Waals surface area contributed by atoms with Crippen molar-refractivity contribution in [3.8, 4) is 23.2 Å². The Morgan fingerprint density at radius 3 is 2.58 bits per heavy atom. The molecule has 2 unspecified atom stereocenters. The van der Waals surface area contributed by atoms with Crippen LogP contribution in [0.1, 0.15) is 57.1 Å². The Morgan fingerprint density at radius 2 is 1.93 bits per heavy atom. The summed E-state index contributed by atoms with van der Waals surface area (Å²) >= 11 is 6.57. The van der Waals surface area contributed by atoms with E-state index in [-0.39, 0.29) is 86.0 Å². The number of nitrogens with two attached hydrogens (primary N) is 1. The van der Waals surface area contributed by atoms with Crippen LogP contribution in [-0.4, -0.2) is 104 Å². The predicted molar refractivity (Wildman–Crippen MR) is 209 cm³/mol. The quantitative estimate of drug-likeness (QED) is 0.147. The molecule has 3 aliphatic heterocycles. The summed E-state index contributed by atoms with van der Waals surface area (Å²) in [5.41, 5.74) is 2.42. The van der Waals surface area contributed by atoms with Crippen LogP contribution in [0.5, 0.6) is 6.01 Å². The first-order valence-electron chi connectivity index (χ1n) is 19.4. The number of halogens is 6. The summed E-state index contributed by atoms with van der Waals surface area (Å²) in [5, 5.41) is 13.2. The van der Waals surface area contributed by atoms with E-state index >= 15 is 22.0 Å². The molecule has 4 atom stereocenters. The number of carbonyl (C=O) groups is 1. The smallest absolute Gasteiger partial charge is 0.417 e. The van der Waals surface area contributed by atoms with Gasteiger partial charge in [-0.3, -0.25) is 4.90 Å². The number of hydrogen-bond donors (Lipinski definition) is 1. The van der Waals surface area contributed by atoms with Gasteiger partial charge >= 0.3 is 18.2 Å². The maximum Gasteiger partial charge on any atom is 0.417 e. The number of anilines is 2. The van der Waals surface area contributed by atoms with Gasteiger partial charge in [0, 0.05) is 54.5 Å². The molecule has 0 radical (unpaired) electrons. The van der Waals surface area contributed by atoms with Gasteiger partial charge in [-0.2, -0.15) is 33.1 Å². The Labute approximate surface area is 343 Å². The average molecular weight is 857 g/mol. The Hall–Kier alpha value is -4.90. The van der Waals surface area contributed by atoms with E-state index in [0.29, 0.717) is 17.8 Å². The second-order valence-corrected chi connectivity index (χ2v) is 17.2. The first-order valence-corrected chi connectivity index (χ1v) is 20.6. The summed E-state index contributed by atoms with van der Waals surface area (Å²) in [6.07, 6.45) is 0.639. The number of amides is 1. The number of ether oxygens (including phenoxy) is 2. The Bertz CT molecular complexity index is 2530. The number of rotatable bonds is 9. The van der Waals surface area contributed by atoms with E-state index < -0.39 is 52.6 Å². The maximum atomic E-state index is 17.5. The normalized spacial score (nSPS) is 22.7. The fourth-order valence-corrected chi connectivity index (χ4v) is 10.2. The molecule has 5 aromatic rings. The lowest BCUT2D eigenvalue weighted by molar-refractivity contribution is -0.137. The van der Waals surface area contributed by atoms with Crippen molar-refractivity contribution in [2.75, 3.05) is 50.0 Å². The van der Waals surface area contributed by atoms with Crippen LogP contribution in [0.2, 0.25) is 5.28 Å². The number of benzene rings is 2. The molecule has 4 aliphatic rings. The number of carbonyl (C=O) groups excluding carboxylic acids is 1. The van der Waals surface area contributed by atoms with Crippen molar-refractivity contribution in [1.29, 1.82) is 5.26 Å². The van der Waals surface area contributed by atoms with Gasteiger partial charge in [0.05, 0.1) is 46.7 Å². The van der Waals surface area contributed by atoms with Crippen LogP contribution < -0.4 is 15.4 Å². The number of nitrogens with zero attached hydrogens (tertiary/aromatic N) is 9. The predicted octanol–water partition coefficient (Wildman–Crippen LogP) is 7.49. The van der Waals surface area contributed by atoms with E-state index in [1.807, 2.05) is 6.07 Å². The van der Waals surface area contributed by atoms with Gasteiger partial charge in [-0.05, 0) is 75.2 Å². The van der Waals surface area contributed by atoms with Crippen molar-refractivity contribution in [2.24, 2.45) is 5.41 Å². The lowest BCUT2D eigenvalue weighted by Crippen LogP contribution is -2.47. The van der Waals surface area contributed by atoms with Crippen LogP contribution in [0, 0.1) is 28.4 Å². The minimum atomic E-state index is -5.14. The fraction of sp³-hybridized carbons (Fsp3) is 0.487. The van der Waals surface area contributed by atoms with Gasteiger partial charge in [-0.25, -0.2) is 18.6 Å². The summed E-state index contributed by atoms with van der Waals surface area (Å²) < 4.78 is 91.6. The SMILES string of the molecule is CCN(c1nc(OCC2(CN3CC4CCC(C3)O4)CC2)nc2c(F)c(-c3ccc(F)c4sc(N)c(C#N)c34)c(C(F)(F)F)cc12)[C@@H]1CCN(C(=O)n2cnc(Cl)n2)[C@@H]1C. The third kappa shape index (κ3) is 6.96. The Morgan fingerprint density at radius 1 is 1.19 bits per heavy atom. The lowest BCUT2D eigenvalue weighted by atomic mass is 9.92. The highest BCUT2D eigenvalue weighted by atomic mass is 35.5. The molecule has 1 amide bonds. The van der Waals surface area contributed by atoms with Gasteiger partial charge in [-0.1, -0.05) is 6.07 Å². The molecular formula is C39H38ClF5N10O3S. The number of thiophene rings is 1. The average Bonchev–Trinajstić information content (AvgIpc) is 3.48. The van der Waals surface area contributed by atoms with Crippen LogP contribution in [-0.2, 0) is 10.9 Å². The molecule has 1 aliphatic carbocycles. The maximum absolute atomic E-state index is 17.5. The number of likely N-dealkylation sites (tertiary alicyclic amines) is 2. The number of hydrogen-bond acceptors (Lipinski definition) is 12. The van der Waals surface area contributed by atoms with Gasteiger partial charge in [-0.15, -0.1) is 16.4 Å². The monoisotopic (exact) mass is 856 g/mol. The van der Waals surface area contributed by atoms with Crippen LogP contribution in [0.3, 0.4) is 0 Å². The topological polar surface area (TPSA) is 152 Å². The number of alkyl halides is 3. The Balaban J connectivity index is 1.17. The third-order valence-electron chi connectivity index (χ3n) is 12.2. The number of nitriles is 1. The van der Waals surface area contributed by atoms with E-state index in [4.69, 9.17) is 31.8 Å². The number of aromatic nitrogens is 5. The number of nitrogen functional groups attached to an aromatic ring is 1. The zero-order chi connectivity index (χ0) is 41.5. The molecule has 9 rings (SSSR count). The van der Waals surface area contributed by atoms with Crippen molar-refractivity contribution < 1.29 is 36.2 Å². The molecule has 2 bridgehead atoms. The van der Waals surface area contributed by atoms with Crippen LogP contribution >= 0.6 is 22.9 Å². The summed E-state index contributed by atoms with van der Waals surface area (Å²) in [7, 11) is 0. The second-order valence-electron chi connectivity index (χ2n) is 15.8. The standard InChI is InChI=1S/C39H38ClF5N10O3S/c1-3-53(27-8-11-54(19(27)2)37(56)55-18-48-35(40)51-55)34-23-12-25(39(43,44)45)29(22-6-7-26(41)32-28(22)24(13-46)33(47)59-32)30(42)31(23)49-36(50-34)57-17-38(9-10-38)16-52-14-20-4-5-21(15-52)58-20/h6-7,12,18-21,27H,3-5,8-11,14-17,47H2,1-2H3/t19-,20?,21?,27-/m1/s1. The first-order chi connectivity index (χ1) is 28.2. The largest absolute Gasteiger partial charge is 0.463 e. The summed E-state index contributed by atoms with van der Waals surface area (Å²) in [5.74, 6) is -2.19. The summed E-state index contributed by atoms with van der Waals surface area (Å²) in [6, 6.07) is 2.83. The van der Waals surface area contributed by atoms with Crippen molar-refractivity contribution in [2.45, 2.75) is 76.4 Å². The van der Waals surface area contributed by atoms with Crippen LogP contribution in [0.15, 0.2) is 24.5 Å². The molecule has 310 valence electrons. The van der Waals surface area contributed by atoms with E-state index in [9.17, 15) is 10.1 Å². The van der Waals surface area contributed by atoms with Crippen molar-refractivity contribution in [1.82, 2.24) is 34.5 Å². The van der Waals surface area contributed by atoms with Gasteiger partial charge < -0.3 is 25.0 Å². The minimum absolute atomic E-state index is 0.0188. The van der Waals surface area contributed by atoms with E-state index in [1.165, 1.54) is 6.33 Å². The highest BCUT2D eigenvalue weighted by Gasteiger charge is 2.48. The molecule has 4 fully saturated rings. The van der Waals surface area contributed by atoms with Gasteiger partial charge in [0.1, 0.15) is 34.5 Å². The van der Waals surface area contributed by atoms with Crippen molar-refractivity contribution in [3.05, 3.63) is 52.6 Å². The third-order valence-corrected chi connectivity index (χ3v) is 13.4. The van der Waals surface area contributed by atoms with E-state index in [0.717, 1.165) is 68.2 Å². The van der Waals surface area contributed by atoms with Crippen LogP contribution in [0.4, 0.5) is 37.6 Å². The molecule has 1 saturated carbocycles. The molecule has 3 aromatic heterocycles. The zero-order valence-corrected chi connectivity index (χ0v) is 33.5. The summed E-state index contributed by atoms with van der Waals surface area (Å²) in [6.45, 7) is 6.62. The lowest BCUT2D eigenvalue weighted by Gasteiger charge is -2.35. The van der Waals surface area contributed by atoms with E-state index in [1.54, 1.807) is 23.6 Å². The van der Waals surface area contributed by atoms with Gasteiger partial charge in [0.2, 0.25) is 5.28 Å². The van der Waals surface area contributed by atoms with E-state index in [2.05, 4.69) is 20.0 Å². The number of morpholine rings is 1. The molecule has 13 nitrogen and oxygen atoms in total. The van der Waals surface area contributed by atoms with Gasteiger partial charge in [0.15, 0.2) is 5.82 Å². The zero-order valence-electron chi connectivity index (χ0n) is 31.9. The molecule has 3 saturated heterocycles. The highest BCUT2D eigenvalue weighted by Crippen LogP contribution is 2.50. The molecule has 0 spiro atoms. The minimum Gasteiger partial charge on any atom is -0.463 e. The molecule has 2 aromatic carbocycles. The van der Waals surface area contributed by atoms with Gasteiger partial charge in [0.25, 0.3) is 0 Å². The number of fused-ring (bicyclic) bond motifs is 4. The first kappa shape index (κ1) is 39.6. The number of likely N-dealkylation sites (N-methyl/N-ethyl adjacent to an activating group) is 1. The molecule has 2 N–H and O–H groups in total. The second kappa shape index (κ2) is 14.7. The van der Waals surface area contributed by atoms with Crippen molar-refractivity contribution in [3.63, 3.8) is 0 Å². The van der Waals surface area contributed by atoms with Crippen molar-refractivity contribution >= 4 is 60.8 Å². The highest BCUT2D eigenvalue weighted by molar-refractivity contribution is 7.23.